The zero-order chi connectivity index (χ0) is 14.8. The molecule has 0 aliphatic heterocycles. The van der Waals surface area contributed by atoms with Crippen molar-refractivity contribution in [2.75, 3.05) is 13.8 Å². The van der Waals surface area contributed by atoms with Crippen molar-refractivity contribution in [1.29, 1.82) is 0 Å². The number of ether oxygens (including phenoxy) is 1. The van der Waals surface area contributed by atoms with Crippen LogP contribution in [0.25, 0.3) is 0 Å². The van der Waals surface area contributed by atoms with Gasteiger partial charge in [0.05, 0.1) is 0 Å². The molecule has 0 rings (SSSR count). The van der Waals surface area contributed by atoms with Crippen molar-refractivity contribution in [2.24, 2.45) is 0 Å². The number of hydrogen-bond donors (Lipinski definition) is 1. The summed E-state index contributed by atoms with van der Waals surface area (Å²) in [5.74, 6) is -2.23. The van der Waals surface area contributed by atoms with E-state index in [4.69, 9.17) is 14.4 Å². The first-order valence-electron chi connectivity index (χ1n) is 5.15. The summed E-state index contributed by atoms with van der Waals surface area (Å²) in [6, 6.07) is 0. The van der Waals surface area contributed by atoms with E-state index in [1.165, 1.54) is 41.5 Å². The lowest BCUT2D eigenvalue weighted by atomic mass is 10.1. The van der Waals surface area contributed by atoms with Gasteiger partial charge in [-0.25, -0.2) is 9.59 Å². The predicted octanol–water partition coefficient (Wildman–Crippen LogP) is 1.66. The molecule has 1 N–H and O–H groups in total. The number of aliphatic carboxylic acids is 1. The molecule has 0 spiro atoms. The highest BCUT2D eigenvalue weighted by molar-refractivity contribution is 7.53. The SMILES string of the molecule is CO[P@@](C)(=O)OC(C)(C)C(=O)OC(C)(C)C(=O)O. The number of carbonyl (C=O) groups is 2. The molecule has 106 valence electrons. The highest BCUT2D eigenvalue weighted by Gasteiger charge is 2.42. The molecule has 0 fully saturated rings. The minimum absolute atomic E-state index is 0.936. The Hall–Kier alpha value is -0.910. The highest BCUT2D eigenvalue weighted by Crippen LogP contribution is 2.47. The van der Waals surface area contributed by atoms with Crippen molar-refractivity contribution in [1.82, 2.24) is 0 Å². The quantitative estimate of drug-likeness (QED) is 0.584. The Balaban J connectivity index is 4.89. The van der Waals surface area contributed by atoms with Crippen molar-refractivity contribution in [2.45, 2.75) is 38.9 Å². The van der Waals surface area contributed by atoms with Gasteiger partial charge in [-0.3, -0.25) is 9.09 Å². The Morgan fingerprint density at radius 1 is 1.11 bits per heavy atom. The van der Waals surface area contributed by atoms with Gasteiger partial charge in [0.25, 0.3) is 0 Å². The molecule has 0 aromatic heterocycles. The van der Waals surface area contributed by atoms with Crippen molar-refractivity contribution < 1.29 is 33.0 Å². The highest BCUT2D eigenvalue weighted by atomic mass is 31.2. The Morgan fingerprint density at radius 3 is 1.89 bits per heavy atom. The third-order valence-electron chi connectivity index (χ3n) is 2.08. The van der Waals surface area contributed by atoms with E-state index in [9.17, 15) is 14.2 Å². The van der Waals surface area contributed by atoms with Crippen molar-refractivity contribution >= 4 is 19.5 Å². The van der Waals surface area contributed by atoms with Gasteiger partial charge in [0.1, 0.15) is 0 Å². The second kappa shape index (κ2) is 5.38. The van der Waals surface area contributed by atoms with Crippen LogP contribution in [0, 0.1) is 0 Å². The summed E-state index contributed by atoms with van der Waals surface area (Å²) in [7, 11) is -2.20. The molecule has 8 heteroatoms. The van der Waals surface area contributed by atoms with E-state index < -0.39 is 30.7 Å². The second-order valence-corrected chi connectivity index (χ2v) is 6.85. The summed E-state index contributed by atoms with van der Waals surface area (Å²) in [5.41, 5.74) is -3.27. The zero-order valence-corrected chi connectivity index (χ0v) is 12.2. The molecule has 0 radical (unpaired) electrons. The average Bonchev–Trinajstić information content (AvgIpc) is 2.15. The number of rotatable bonds is 6. The van der Waals surface area contributed by atoms with E-state index in [0.717, 1.165) is 0 Å². The summed E-state index contributed by atoms with van der Waals surface area (Å²) in [6.45, 7) is 6.30. The Morgan fingerprint density at radius 2 is 1.56 bits per heavy atom. The molecule has 1 atom stereocenters. The molecule has 0 aliphatic rings. The van der Waals surface area contributed by atoms with Crippen LogP contribution in [-0.2, 0) is 27.9 Å². The smallest absolute Gasteiger partial charge is 0.347 e. The molecule has 0 aromatic carbocycles. The molecule has 0 bridgehead atoms. The van der Waals surface area contributed by atoms with E-state index in [2.05, 4.69) is 4.52 Å². The summed E-state index contributed by atoms with van der Waals surface area (Å²) in [6.07, 6.45) is 0. The van der Waals surface area contributed by atoms with Crippen LogP contribution in [0.15, 0.2) is 0 Å². The number of carboxylic acids is 1. The second-order valence-electron chi connectivity index (χ2n) is 4.76. The van der Waals surface area contributed by atoms with Crippen LogP contribution in [0.2, 0.25) is 0 Å². The van der Waals surface area contributed by atoms with E-state index in [1.54, 1.807) is 0 Å². The van der Waals surface area contributed by atoms with Crippen LogP contribution in [-0.4, -0.2) is 42.0 Å². The first kappa shape index (κ1) is 17.1. The van der Waals surface area contributed by atoms with Gasteiger partial charge >= 0.3 is 19.5 Å². The standard InChI is InChI=1S/C10H19O7P/c1-9(2,7(11)12)16-8(13)10(3,4)17-18(6,14)15-5/h1-6H3,(H,11,12)/t18-/m1/s1. The van der Waals surface area contributed by atoms with Crippen LogP contribution < -0.4 is 0 Å². The molecular weight excluding hydrogens is 263 g/mol. The molecule has 0 saturated carbocycles. The van der Waals surface area contributed by atoms with Crippen LogP contribution in [0.4, 0.5) is 0 Å². The number of hydrogen-bond acceptors (Lipinski definition) is 6. The molecule has 0 aliphatic carbocycles. The zero-order valence-electron chi connectivity index (χ0n) is 11.3. The van der Waals surface area contributed by atoms with Crippen LogP contribution >= 0.6 is 7.60 Å². The summed E-state index contributed by atoms with van der Waals surface area (Å²) < 4.78 is 26.1. The van der Waals surface area contributed by atoms with Gasteiger partial charge in [0.2, 0.25) is 5.60 Å². The third kappa shape index (κ3) is 4.76. The van der Waals surface area contributed by atoms with Gasteiger partial charge in [-0.2, -0.15) is 0 Å². The maximum Gasteiger partial charge on any atom is 0.347 e. The van der Waals surface area contributed by atoms with Crippen LogP contribution in [0.1, 0.15) is 27.7 Å². The molecule has 0 aromatic rings. The predicted molar refractivity (Wildman–Crippen MR) is 63.5 cm³/mol. The normalized spacial score (nSPS) is 15.9. The fourth-order valence-electron chi connectivity index (χ4n) is 0.887. The average molecular weight is 282 g/mol. The van der Waals surface area contributed by atoms with E-state index >= 15 is 0 Å². The number of carbonyl (C=O) groups excluding carboxylic acids is 1. The largest absolute Gasteiger partial charge is 0.478 e. The maximum absolute atomic E-state index is 11.8. The van der Waals surface area contributed by atoms with Gasteiger partial charge in [-0.05, 0) is 27.7 Å². The molecule has 0 heterocycles. The third-order valence-corrected chi connectivity index (χ3v) is 3.53. The van der Waals surface area contributed by atoms with Gasteiger partial charge < -0.3 is 14.4 Å². The number of esters is 1. The topological polar surface area (TPSA) is 99.1 Å². The fourth-order valence-corrected chi connectivity index (χ4v) is 1.87. The lowest BCUT2D eigenvalue weighted by Crippen LogP contribution is -2.44. The maximum atomic E-state index is 11.8. The molecular formula is C10H19O7P. The van der Waals surface area contributed by atoms with Crippen molar-refractivity contribution in [3.05, 3.63) is 0 Å². The number of carboxylic acid groups (broad SMARTS) is 1. The summed E-state index contributed by atoms with van der Waals surface area (Å²) >= 11 is 0. The van der Waals surface area contributed by atoms with Gasteiger partial charge in [-0.1, -0.05) is 0 Å². The summed E-state index contributed by atoms with van der Waals surface area (Å²) in [5, 5.41) is 8.84. The Bertz CT molecular complexity index is 386. The van der Waals surface area contributed by atoms with E-state index in [1.807, 2.05) is 0 Å². The van der Waals surface area contributed by atoms with Gasteiger partial charge in [-0.15, -0.1) is 0 Å². The minimum atomic E-state index is -3.39. The molecule has 0 unspecified atom stereocenters. The van der Waals surface area contributed by atoms with Crippen LogP contribution in [0.5, 0.6) is 0 Å². The monoisotopic (exact) mass is 282 g/mol. The van der Waals surface area contributed by atoms with Gasteiger partial charge in [0.15, 0.2) is 5.60 Å². The van der Waals surface area contributed by atoms with Crippen molar-refractivity contribution in [3.63, 3.8) is 0 Å². The molecule has 0 saturated heterocycles. The Labute approximate surface area is 106 Å². The van der Waals surface area contributed by atoms with Crippen molar-refractivity contribution in [3.8, 4) is 0 Å². The molecule has 7 nitrogen and oxygen atoms in total. The molecule has 0 amide bonds. The Kier molecular flexibility index (Phi) is 5.11. The first-order valence-corrected chi connectivity index (χ1v) is 7.14. The summed E-state index contributed by atoms with van der Waals surface area (Å²) in [4.78, 5) is 22.6. The lowest BCUT2D eigenvalue weighted by Gasteiger charge is -2.29. The van der Waals surface area contributed by atoms with E-state index in [0.29, 0.717) is 0 Å². The molecule has 18 heavy (non-hydrogen) atoms. The van der Waals surface area contributed by atoms with E-state index in [-0.39, 0.29) is 0 Å². The minimum Gasteiger partial charge on any atom is -0.478 e. The van der Waals surface area contributed by atoms with Gasteiger partial charge in [0, 0.05) is 13.8 Å². The fraction of sp³-hybridized carbons (Fsp3) is 0.800. The van der Waals surface area contributed by atoms with Crippen LogP contribution in [0.3, 0.4) is 0 Å². The lowest BCUT2D eigenvalue weighted by molar-refractivity contribution is -0.184. The first-order chi connectivity index (χ1) is 7.84.